The third kappa shape index (κ3) is 3.33. The summed E-state index contributed by atoms with van der Waals surface area (Å²) in [6, 6.07) is 17.6. The van der Waals surface area contributed by atoms with Gasteiger partial charge < -0.3 is 4.74 Å². The Bertz CT molecular complexity index is 798. The van der Waals surface area contributed by atoms with Gasteiger partial charge in [-0.05, 0) is 42.3 Å². The molecule has 0 amide bonds. The molecular formula is C18H14N2OS. The first-order chi connectivity index (χ1) is 10.7. The van der Waals surface area contributed by atoms with Crippen molar-refractivity contribution in [3.8, 4) is 22.9 Å². The summed E-state index contributed by atoms with van der Waals surface area (Å²) in [6.45, 7) is 2.53. The van der Waals surface area contributed by atoms with Crippen LogP contribution >= 0.6 is 11.3 Å². The molecule has 3 nitrogen and oxygen atoms in total. The molecule has 3 aromatic rings. The van der Waals surface area contributed by atoms with Crippen molar-refractivity contribution in [3.63, 3.8) is 0 Å². The first kappa shape index (κ1) is 14.3. The van der Waals surface area contributed by atoms with Gasteiger partial charge in [-0.15, -0.1) is 11.3 Å². The van der Waals surface area contributed by atoms with Crippen LogP contribution in [0.2, 0.25) is 0 Å². The molecular weight excluding hydrogens is 292 g/mol. The Morgan fingerprint density at radius 2 is 1.68 bits per heavy atom. The van der Waals surface area contributed by atoms with Gasteiger partial charge in [0.2, 0.25) is 0 Å². The van der Waals surface area contributed by atoms with Crippen molar-refractivity contribution in [2.75, 3.05) is 0 Å². The fourth-order valence-electron chi connectivity index (χ4n) is 2.11. The minimum Gasteiger partial charge on any atom is -0.488 e. The Morgan fingerprint density at radius 1 is 1.05 bits per heavy atom. The lowest BCUT2D eigenvalue weighted by Gasteiger charge is -2.06. The van der Waals surface area contributed by atoms with Gasteiger partial charge >= 0.3 is 0 Å². The second-order valence-corrected chi connectivity index (χ2v) is 6.17. The van der Waals surface area contributed by atoms with Gasteiger partial charge in [0, 0.05) is 6.20 Å². The van der Waals surface area contributed by atoms with Gasteiger partial charge in [0.15, 0.2) is 0 Å². The van der Waals surface area contributed by atoms with Gasteiger partial charge in [-0.25, -0.2) is 4.98 Å². The number of benzene rings is 2. The molecule has 0 N–H and O–H groups in total. The molecule has 1 aromatic heterocycles. The van der Waals surface area contributed by atoms with E-state index in [2.05, 4.69) is 11.1 Å². The van der Waals surface area contributed by atoms with Crippen LogP contribution in [0.4, 0.5) is 0 Å². The van der Waals surface area contributed by atoms with Crippen molar-refractivity contribution in [2.24, 2.45) is 0 Å². The zero-order valence-corrected chi connectivity index (χ0v) is 12.9. The van der Waals surface area contributed by atoms with Crippen molar-refractivity contribution < 1.29 is 4.74 Å². The van der Waals surface area contributed by atoms with E-state index in [4.69, 9.17) is 10.00 Å². The van der Waals surface area contributed by atoms with Crippen LogP contribution in [0.1, 0.15) is 15.4 Å². The van der Waals surface area contributed by atoms with Crippen LogP contribution in [0.3, 0.4) is 0 Å². The van der Waals surface area contributed by atoms with Gasteiger partial charge in [-0.1, -0.05) is 24.3 Å². The average Bonchev–Trinajstić information content (AvgIpc) is 2.99. The molecule has 0 saturated heterocycles. The number of aromatic nitrogens is 1. The van der Waals surface area contributed by atoms with Crippen molar-refractivity contribution in [2.45, 2.75) is 13.5 Å². The van der Waals surface area contributed by atoms with Crippen molar-refractivity contribution in [3.05, 3.63) is 70.2 Å². The third-order valence-electron chi connectivity index (χ3n) is 3.25. The van der Waals surface area contributed by atoms with Gasteiger partial charge in [0.1, 0.15) is 12.4 Å². The fraction of sp³-hybridized carbons (Fsp3) is 0.111. The van der Waals surface area contributed by atoms with Crippen LogP contribution in [0.15, 0.2) is 54.7 Å². The smallest absolute Gasteiger partial charge is 0.124 e. The number of nitrogens with zero attached hydrogens (tertiary/aromatic N) is 2. The first-order valence-corrected chi connectivity index (χ1v) is 7.71. The highest BCUT2D eigenvalue weighted by Gasteiger charge is 2.02. The molecule has 0 bridgehead atoms. The van der Waals surface area contributed by atoms with E-state index in [0.29, 0.717) is 12.2 Å². The molecule has 4 heteroatoms. The second kappa shape index (κ2) is 6.42. The molecule has 0 aliphatic heterocycles. The van der Waals surface area contributed by atoms with Crippen LogP contribution in [-0.4, -0.2) is 4.98 Å². The maximum absolute atomic E-state index is 8.82. The highest BCUT2D eigenvalue weighted by Crippen LogP contribution is 2.23. The summed E-state index contributed by atoms with van der Waals surface area (Å²) >= 11 is 1.65. The summed E-state index contributed by atoms with van der Waals surface area (Å²) in [7, 11) is 0. The summed E-state index contributed by atoms with van der Waals surface area (Å²) in [5.74, 6) is 0.837. The quantitative estimate of drug-likeness (QED) is 0.709. The van der Waals surface area contributed by atoms with Crippen molar-refractivity contribution in [1.29, 1.82) is 5.26 Å². The predicted molar refractivity (Wildman–Crippen MR) is 87.8 cm³/mol. The summed E-state index contributed by atoms with van der Waals surface area (Å²) in [5, 5.41) is 9.87. The minimum atomic E-state index is 0.543. The zero-order valence-electron chi connectivity index (χ0n) is 12.1. The topological polar surface area (TPSA) is 45.9 Å². The molecule has 0 atom stereocenters. The molecule has 2 aromatic carbocycles. The Hall–Kier alpha value is -2.64. The van der Waals surface area contributed by atoms with Crippen LogP contribution in [-0.2, 0) is 6.61 Å². The molecule has 0 aliphatic carbocycles. The highest BCUT2D eigenvalue weighted by molar-refractivity contribution is 7.11. The fourth-order valence-corrected chi connectivity index (χ4v) is 2.82. The van der Waals surface area contributed by atoms with Crippen LogP contribution in [0.5, 0.6) is 5.75 Å². The van der Waals surface area contributed by atoms with Gasteiger partial charge in [0.05, 0.1) is 21.5 Å². The normalized spacial score (nSPS) is 10.2. The molecule has 0 radical (unpaired) electrons. The lowest BCUT2D eigenvalue weighted by molar-refractivity contribution is 0.309. The molecule has 0 fully saturated rings. The van der Waals surface area contributed by atoms with Crippen LogP contribution in [0, 0.1) is 18.3 Å². The molecule has 0 aliphatic rings. The van der Waals surface area contributed by atoms with Crippen molar-refractivity contribution >= 4 is 11.3 Å². The van der Waals surface area contributed by atoms with E-state index in [9.17, 15) is 0 Å². The van der Waals surface area contributed by atoms with E-state index in [1.807, 2.05) is 61.7 Å². The largest absolute Gasteiger partial charge is 0.488 e. The SMILES string of the molecule is Cc1ncc(COc2ccc(-c3ccc(C#N)cc3)cc2)s1. The van der Waals surface area contributed by atoms with Crippen LogP contribution < -0.4 is 4.74 Å². The Labute approximate surface area is 133 Å². The molecule has 1 heterocycles. The Morgan fingerprint density at radius 3 is 2.23 bits per heavy atom. The molecule has 22 heavy (non-hydrogen) atoms. The first-order valence-electron chi connectivity index (χ1n) is 6.89. The Balaban J connectivity index is 1.68. The van der Waals surface area contributed by atoms with Gasteiger partial charge in [-0.2, -0.15) is 5.26 Å². The van der Waals surface area contributed by atoms with E-state index >= 15 is 0 Å². The Kier molecular flexibility index (Phi) is 4.17. The lowest BCUT2D eigenvalue weighted by Crippen LogP contribution is -1.92. The van der Waals surface area contributed by atoms with E-state index < -0.39 is 0 Å². The minimum absolute atomic E-state index is 0.543. The third-order valence-corrected chi connectivity index (χ3v) is 4.14. The summed E-state index contributed by atoms with van der Waals surface area (Å²) in [6.07, 6.45) is 1.85. The van der Waals surface area contributed by atoms with E-state index in [1.54, 1.807) is 11.3 Å². The average molecular weight is 306 g/mol. The number of ether oxygens (including phenoxy) is 1. The number of hydrogen-bond acceptors (Lipinski definition) is 4. The van der Waals surface area contributed by atoms with E-state index in [-0.39, 0.29) is 0 Å². The zero-order chi connectivity index (χ0) is 15.4. The highest BCUT2D eigenvalue weighted by atomic mass is 32.1. The molecule has 0 spiro atoms. The number of nitriles is 1. The number of thiazole rings is 1. The van der Waals surface area contributed by atoms with Gasteiger partial charge in [0.25, 0.3) is 0 Å². The monoisotopic (exact) mass is 306 g/mol. The number of aryl methyl sites for hydroxylation is 1. The molecule has 3 rings (SSSR count). The summed E-state index contributed by atoms with van der Waals surface area (Å²) in [4.78, 5) is 5.33. The maximum atomic E-state index is 8.82. The molecule has 0 unspecified atom stereocenters. The number of rotatable bonds is 4. The lowest BCUT2D eigenvalue weighted by atomic mass is 10.0. The van der Waals surface area contributed by atoms with E-state index in [0.717, 1.165) is 26.8 Å². The summed E-state index contributed by atoms with van der Waals surface area (Å²) in [5.41, 5.74) is 2.86. The second-order valence-electron chi connectivity index (χ2n) is 4.85. The number of hydrogen-bond donors (Lipinski definition) is 0. The van der Waals surface area contributed by atoms with Crippen molar-refractivity contribution in [1.82, 2.24) is 4.98 Å². The maximum Gasteiger partial charge on any atom is 0.124 e. The standard InChI is InChI=1S/C18H14N2OS/c1-13-20-11-18(22-13)12-21-17-8-6-16(7-9-17)15-4-2-14(10-19)3-5-15/h2-9,11H,12H2,1H3. The molecule has 0 saturated carbocycles. The van der Waals surface area contributed by atoms with Crippen LogP contribution in [0.25, 0.3) is 11.1 Å². The van der Waals surface area contributed by atoms with E-state index in [1.165, 1.54) is 0 Å². The van der Waals surface area contributed by atoms with Gasteiger partial charge in [-0.3, -0.25) is 0 Å². The summed E-state index contributed by atoms with van der Waals surface area (Å²) < 4.78 is 5.76. The molecule has 108 valence electrons. The predicted octanol–water partition coefficient (Wildman–Crippen LogP) is 4.57.